The Kier molecular flexibility index (Phi) is 17.0. The molecule has 38 heavy (non-hydrogen) atoms. The topological polar surface area (TPSA) is 146 Å². The van der Waals surface area contributed by atoms with Crippen LogP contribution in [0.3, 0.4) is 0 Å². The van der Waals surface area contributed by atoms with Crippen molar-refractivity contribution in [3.63, 3.8) is 0 Å². The number of aromatic nitrogens is 1. The second kappa shape index (κ2) is 19.4. The SMILES string of the molecule is CCCCCCCCCCCC(CCCCCCCCCCC(=O)O)(C(=O)O)C(=O)On1c(O)ccc1O. The van der Waals surface area contributed by atoms with E-state index in [4.69, 9.17) is 9.94 Å². The van der Waals surface area contributed by atoms with Crippen molar-refractivity contribution < 1.29 is 39.6 Å². The van der Waals surface area contributed by atoms with E-state index in [9.17, 15) is 29.7 Å². The first-order valence-electron chi connectivity index (χ1n) is 14.5. The fourth-order valence-corrected chi connectivity index (χ4v) is 4.80. The van der Waals surface area contributed by atoms with Crippen LogP contribution in [0, 0.1) is 5.41 Å². The summed E-state index contributed by atoms with van der Waals surface area (Å²) in [6.45, 7) is 2.19. The zero-order valence-corrected chi connectivity index (χ0v) is 23.2. The predicted octanol–water partition coefficient (Wildman–Crippen LogP) is 6.83. The van der Waals surface area contributed by atoms with Gasteiger partial charge in [-0.2, -0.15) is 0 Å². The monoisotopic (exact) mass is 539 g/mol. The van der Waals surface area contributed by atoms with Gasteiger partial charge in [-0.15, -0.1) is 4.73 Å². The fourth-order valence-electron chi connectivity index (χ4n) is 4.80. The summed E-state index contributed by atoms with van der Waals surface area (Å²) in [5.41, 5.74) is -1.75. The molecular weight excluding hydrogens is 490 g/mol. The van der Waals surface area contributed by atoms with Crippen LogP contribution in [0.15, 0.2) is 12.1 Å². The highest BCUT2D eigenvalue weighted by molar-refractivity contribution is 5.99. The van der Waals surface area contributed by atoms with Crippen LogP contribution in [0.1, 0.15) is 135 Å². The van der Waals surface area contributed by atoms with Gasteiger partial charge < -0.3 is 25.3 Å². The molecule has 4 N–H and O–H groups in total. The Morgan fingerprint density at radius 3 is 1.47 bits per heavy atom. The summed E-state index contributed by atoms with van der Waals surface area (Å²) in [6, 6.07) is 2.32. The summed E-state index contributed by atoms with van der Waals surface area (Å²) < 4.78 is 0.556. The van der Waals surface area contributed by atoms with E-state index in [2.05, 4.69) is 6.92 Å². The van der Waals surface area contributed by atoms with Crippen molar-refractivity contribution in [2.45, 2.75) is 135 Å². The average Bonchev–Trinajstić information content (AvgIpc) is 3.19. The number of carbonyl (C=O) groups excluding carboxylic acids is 1. The molecule has 9 heteroatoms. The van der Waals surface area contributed by atoms with Crippen LogP contribution in [0.2, 0.25) is 0 Å². The van der Waals surface area contributed by atoms with E-state index < -0.39 is 35.1 Å². The minimum atomic E-state index is -1.75. The van der Waals surface area contributed by atoms with E-state index in [0.717, 1.165) is 76.3 Å². The third-order valence-electron chi connectivity index (χ3n) is 7.22. The summed E-state index contributed by atoms with van der Waals surface area (Å²) in [4.78, 5) is 41.4. The summed E-state index contributed by atoms with van der Waals surface area (Å²) in [6.07, 6.45) is 16.8. The summed E-state index contributed by atoms with van der Waals surface area (Å²) >= 11 is 0. The second-order valence-electron chi connectivity index (χ2n) is 10.4. The highest BCUT2D eigenvalue weighted by atomic mass is 16.7. The Morgan fingerprint density at radius 2 is 1.08 bits per heavy atom. The normalized spacial score (nSPS) is 12.8. The molecule has 0 spiro atoms. The van der Waals surface area contributed by atoms with Crippen molar-refractivity contribution in [2.24, 2.45) is 5.41 Å². The van der Waals surface area contributed by atoms with E-state index in [-0.39, 0.29) is 19.3 Å². The van der Waals surface area contributed by atoms with E-state index in [1.807, 2.05) is 0 Å². The molecule has 0 saturated carbocycles. The molecule has 0 aromatic carbocycles. The molecule has 1 unspecified atom stereocenters. The Bertz CT molecular complexity index is 802. The smallest absolute Gasteiger partial charge is 0.350 e. The lowest BCUT2D eigenvalue weighted by Crippen LogP contribution is -2.44. The van der Waals surface area contributed by atoms with Crippen LogP contribution >= 0.6 is 0 Å². The van der Waals surface area contributed by atoms with Gasteiger partial charge in [-0.25, -0.2) is 4.79 Å². The van der Waals surface area contributed by atoms with Gasteiger partial charge in [0.05, 0.1) is 0 Å². The molecule has 0 radical (unpaired) electrons. The van der Waals surface area contributed by atoms with Gasteiger partial charge in [-0.1, -0.05) is 110 Å². The first-order valence-corrected chi connectivity index (χ1v) is 14.5. The van der Waals surface area contributed by atoms with Gasteiger partial charge in [0.2, 0.25) is 11.8 Å². The number of hydrogen-bond acceptors (Lipinski definition) is 6. The first-order chi connectivity index (χ1) is 18.2. The number of aromatic hydroxyl groups is 2. The molecule has 1 rings (SSSR count). The molecule has 1 atom stereocenters. The Labute approximate surface area is 227 Å². The average molecular weight is 540 g/mol. The maximum Gasteiger partial charge on any atom is 0.350 e. The number of hydrogen-bond donors (Lipinski definition) is 4. The van der Waals surface area contributed by atoms with Gasteiger partial charge in [0.1, 0.15) is 0 Å². The predicted molar refractivity (Wildman–Crippen MR) is 145 cm³/mol. The van der Waals surface area contributed by atoms with E-state index in [1.165, 1.54) is 25.7 Å². The molecule has 0 amide bonds. The quantitative estimate of drug-likeness (QED) is 0.0825. The van der Waals surface area contributed by atoms with Crippen molar-refractivity contribution >= 4 is 17.9 Å². The second-order valence-corrected chi connectivity index (χ2v) is 10.4. The van der Waals surface area contributed by atoms with Gasteiger partial charge in [0, 0.05) is 18.6 Å². The molecule has 218 valence electrons. The number of nitrogens with zero attached hydrogens (tertiary/aromatic N) is 1. The highest BCUT2D eigenvalue weighted by Crippen LogP contribution is 2.34. The van der Waals surface area contributed by atoms with Crippen molar-refractivity contribution in [1.29, 1.82) is 0 Å². The van der Waals surface area contributed by atoms with Gasteiger partial charge >= 0.3 is 17.9 Å². The first kappa shape index (κ1) is 33.3. The zero-order chi connectivity index (χ0) is 28.2. The van der Waals surface area contributed by atoms with Crippen LogP contribution in [-0.4, -0.2) is 43.1 Å². The number of carboxylic acid groups (broad SMARTS) is 2. The minimum absolute atomic E-state index is 0.125. The van der Waals surface area contributed by atoms with Gasteiger partial charge in [-0.05, 0) is 19.3 Å². The highest BCUT2D eigenvalue weighted by Gasteiger charge is 2.47. The van der Waals surface area contributed by atoms with Gasteiger partial charge in [-0.3, -0.25) is 9.59 Å². The molecule has 1 aromatic heterocycles. The Balaban J connectivity index is 2.61. The largest absolute Gasteiger partial charge is 0.492 e. The summed E-state index contributed by atoms with van der Waals surface area (Å²) in [7, 11) is 0. The van der Waals surface area contributed by atoms with E-state index in [0.29, 0.717) is 24.0 Å². The molecule has 9 nitrogen and oxygen atoms in total. The van der Waals surface area contributed by atoms with Crippen molar-refractivity contribution in [3.8, 4) is 11.8 Å². The number of unbranched alkanes of at least 4 members (excludes halogenated alkanes) is 15. The lowest BCUT2D eigenvalue weighted by molar-refractivity contribution is -0.171. The molecule has 0 aliphatic rings. The van der Waals surface area contributed by atoms with E-state index >= 15 is 0 Å². The number of carbonyl (C=O) groups is 3. The minimum Gasteiger partial charge on any atom is -0.492 e. The number of carboxylic acids is 2. The van der Waals surface area contributed by atoms with E-state index in [1.54, 1.807) is 0 Å². The van der Waals surface area contributed by atoms with Crippen LogP contribution in [-0.2, 0) is 14.4 Å². The molecule has 0 bridgehead atoms. The lowest BCUT2D eigenvalue weighted by Gasteiger charge is -2.27. The van der Waals surface area contributed by atoms with Crippen molar-refractivity contribution in [2.75, 3.05) is 0 Å². The fraction of sp³-hybridized carbons (Fsp3) is 0.759. The van der Waals surface area contributed by atoms with Gasteiger partial charge in [0.25, 0.3) is 0 Å². The van der Waals surface area contributed by atoms with Crippen LogP contribution in [0.25, 0.3) is 0 Å². The third kappa shape index (κ3) is 12.7. The molecule has 0 fully saturated rings. The number of rotatable bonds is 24. The molecular formula is C29H49NO8. The summed E-state index contributed by atoms with van der Waals surface area (Å²) in [5, 5.41) is 38.6. The van der Waals surface area contributed by atoms with Crippen LogP contribution in [0.4, 0.5) is 0 Å². The van der Waals surface area contributed by atoms with Crippen LogP contribution < -0.4 is 4.84 Å². The Hall–Kier alpha value is -2.71. The van der Waals surface area contributed by atoms with Crippen molar-refractivity contribution in [1.82, 2.24) is 4.73 Å². The Morgan fingerprint density at radius 1 is 0.684 bits per heavy atom. The maximum atomic E-state index is 13.2. The molecule has 1 aromatic rings. The van der Waals surface area contributed by atoms with Crippen LogP contribution in [0.5, 0.6) is 11.8 Å². The molecule has 0 aliphatic carbocycles. The number of aliphatic carboxylic acids is 2. The van der Waals surface area contributed by atoms with Gasteiger partial charge in [0.15, 0.2) is 5.41 Å². The molecule has 1 heterocycles. The maximum absolute atomic E-state index is 13.2. The lowest BCUT2D eigenvalue weighted by atomic mass is 9.77. The molecule has 0 saturated heterocycles. The zero-order valence-electron chi connectivity index (χ0n) is 23.2. The standard InChI is InChI=1S/C29H49NO8/c1-2-3-4-5-6-8-11-14-17-22-29(27(35)36,28(37)38-30-24(31)20-21-25(30)32)23-18-15-12-9-7-10-13-16-19-26(33)34/h20-21,31-32H,2-19,22-23H2,1H3,(H,33,34)(H,35,36). The summed E-state index contributed by atoms with van der Waals surface area (Å²) in [5.74, 6) is -3.96. The molecule has 0 aliphatic heterocycles. The third-order valence-corrected chi connectivity index (χ3v) is 7.22. The van der Waals surface area contributed by atoms with Crippen molar-refractivity contribution in [3.05, 3.63) is 12.1 Å².